The van der Waals surface area contributed by atoms with Crippen molar-refractivity contribution >= 4 is 27.7 Å². The molecule has 1 rings (SSSR count). The summed E-state index contributed by atoms with van der Waals surface area (Å²) in [6.07, 6.45) is 0. The van der Waals surface area contributed by atoms with Gasteiger partial charge in [-0.3, -0.25) is 4.79 Å². The van der Waals surface area contributed by atoms with Crippen LogP contribution in [0, 0.1) is 0 Å². The fourth-order valence-corrected chi connectivity index (χ4v) is 2.26. The summed E-state index contributed by atoms with van der Waals surface area (Å²) in [5.41, 5.74) is 0. The Morgan fingerprint density at radius 1 is 1.30 bits per heavy atom. The molecule has 112 valence electrons. The first-order chi connectivity index (χ1) is 9.38. The minimum absolute atomic E-state index is 0.0795. The van der Waals surface area contributed by atoms with E-state index in [1.54, 1.807) is 11.0 Å². The zero-order valence-electron chi connectivity index (χ0n) is 12.8. The van der Waals surface area contributed by atoms with Crippen LogP contribution in [0.3, 0.4) is 0 Å². The molecule has 5 nitrogen and oxygen atoms in total. The van der Waals surface area contributed by atoms with Gasteiger partial charge in [-0.25, -0.2) is 9.97 Å². The number of aromatic nitrogens is 2. The molecule has 0 aromatic carbocycles. The third-order valence-corrected chi connectivity index (χ3v) is 3.44. The molecule has 1 amide bonds. The van der Waals surface area contributed by atoms with Crippen LogP contribution >= 0.6 is 15.9 Å². The van der Waals surface area contributed by atoms with Crippen LogP contribution in [0.15, 0.2) is 10.7 Å². The Hall–Kier alpha value is -1.17. The lowest BCUT2D eigenvalue weighted by Gasteiger charge is -2.24. The van der Waals surface area contributed by atoms with Crippen LogP contribution in [0.25, 0.3) is 0 Å². The molecule has 20 heavy (non-hydrogen) atoms. The highest BCUT2D eigenvalue weighted by Crippen LogP contribution is 2.18. The molecule has 0 spiro atoms. The lowest BCUT2D eigenvalue weighted by molar-refractivity contribution is -0.131. The minimum Gasteiger partial charge on any atom is -0.358 e. The molecule has 0 aliphatic heterocycles. The molecule has 1 heterocycles. The van der Waals surface area contributed by atoms with Crippen molar-refractivity contribution < 1.29 is 4.79 Å². The van der Waals surface area contributed by atoms with Gasteiger partial charge in [0.05, 0.1) is 0 Å². The number of nitrogens with zero attached hydrogens (tertiary/aromatic N) is 3. The van der Waals surface area contributed by atoms with Crippen molar-refractivity contribution in [1.82, 2.24) is 14.9 Å². The molecular weight excluding hydrogens is 320 g/mol. The second-order valence-corrected chi connectivity index (χ2v) is 5.78. The maximum Gasteiger partial charge on any atom is 0.244 e. The van der Waals surface area contributed by atoms with Crippen molar-refractivity contribution in [2.45, 2.75) is 46.6 Å². The highest BCUT2D eigenvalue weighted by atomic mass is 79.9. The van der Waals surface area contributed by atoms with Gasteiger partial charge in [0.25, 0.3) is 0 Å². The Balaban J connectivity index is 2.85. The molecule has 0 saturated carbocycles. The van der Waals surface area contributed by atoms with Gasteiger partial charge < -0.3 is 10.2 Å². The lowest BCUT2D eigenvalue weighted by atomic mass is 10.2. The summed E-state index contributed by atoms with van der Waals surface area (Å²) < 4.78 is 0.723. The smallest absolute Gasteiger partial charge is 0.244 e. The summed E-state index contributed by atoms with van der Waals surface area (Å²) in [5, 5.41) is 3.15. The molecule has 1 unspecified atom stereocenters. The summed E-state index contributed by atoms with van der Waals surface area (Å²) in [6, 6.07) is 1.48. The van der Waals surface area contributed by atoms with Crippen LogP contribution in [0.1, 0.15) is 46.4 Å². The van der Waals surface area contributed by atoms with Crippen molar-refractivity contribution in [3.05, 3.63) is 16.5 Å². The van der Waals surface area contributed by atoms with Crippen LogP contribution < -0.4 is 5.32 Å². The number of anilines is 1. The highest BCUT2D eigenvalue weighted by Gasteiger charge is 2.19. The predicted molar refractivity (Wildman–Crippen MR) is 84.8 cm³/mol. The standard InChI is InChI=1S/C14H23BrN4O/c1-6-19(7-2)14(20)10(5)16-12-8-11(15)17-13(18-12)9(3)4/h8-10H,6-7H2,1-5H3,(H,16,17,18). The molecule has 0 radical (unpaired) electrons. The zero-order chi connectivity index (χ0) is 15.3. The van der Waals surface area contributed by atoms with Gasteiger partial charge in [-0.15, -0.1) is 0 Å². The van der Waals surface area contributed by atoms with Crippen LogP contribution in [-0.4, -0.2) is 39.9 Å². The Bertz CT molecular complexity index is 460. The maximum atomic E-state index is 12.2. The topological polar surface area (TPSA) is 58.1 Å². The van der Waals surface area contributed by atoms with Crippen LogP contribution in [-0.2, 0) is 4.79 Å². The van der Waals surface area contributed by atoms with E-state index in [2.05, 4.69) is 31.2 Å². The summed E-state index contributed by atoms with van der Waals surface area (Å²) in [7, 11) is 0. The molecule has 1 aromatic heterocycles. The van der Waals surface area contributed by atoms with Crippen LogP contribution in [0.5, 0.6) is 0 Å². The quantitative estimate of drug-likeness (QED) is 0.807. The minimum atomic E-state index is -0.309. The lowest BCUT2D eigenvalue weighted by Crippen LogP contribution is -2.41. The first-order valence-electron chi connectivity index (χ1n) is 6.98. The van der Waals surface area contributed by atoms with E-state index in [4.69, 9.17) is 0 Å². The molecule has 0 bridgehead atoms. The summed E-state index contributed by atoms with van der Waals surface area (Å²) in [5.74, 6) is 1.74. The van der Waals surface area contributed by atoms with Crippen molar-refractivity contribution in [3.63, 3.8) is 0 Å². The molecule has 0 aliphatic rings. The van der Waals surface area contributed by atoms with Crippen molar-refractivity contribution in [3.8, 4) is 0 Å². The molecule has 6 heteroatoms. The average Bonchev–Trinajstić information content (AvgIpc) is 2.39. The first-order valence-corrected chi connectivity index (χ1v) is 7.78. The molecule has 1 aromatic rings. The van der Waals surface area contributed by atoms with E-state index in [9.17, 15) is 4.79 Å². The third-order valence-electron chi connectivity index (χ3n) is 3.04. The second-order valence-electron chi connectivity index (χ2n) is 4.97. The number of hydrogen-bond acceptors (Lipinski definition) is 4. The summed E-state index contributed by atoms with van der Waals surface area (Å²) >= 11 is 3.38. The number of carbonyl (C=O) groups excluding carboxylic acids is 1. The van der Waals surface area contributed by atoms with Crippen LogP contribution in [0.4, 0.5) is 5.82 Å². The second kappa shape index (κ2) is 7.57. The van der Waals surface area contributed by atoms with E-state index in [0.29, 0.717) is 18.9 Å². The Morgan fingerprint density at radius 2 is 1.90 bits per heavy atom. The van der Waals surface area contributed by atoms with Crippen molar-refractivity contribution in [2.24, 2.45) is 0 Å². The SMILES string of the molecule is CCN(CC)C(=O)C(C)Nc1cc(Br)nc(C(C)C)n1. The summed E-state index contributed by atoms with van der Waals surface area (Å²) in [6.45, 7) is 11.3. The van der Waals surface area contributed by atoms with Crippen molar-refractivity contribution in [2.75, 3.05) is 18.4 Å². The molecular formula is C14H23BrN4O. The number of hydrogen-bond donors (Lipinski definition) is 1. The fourth-order valence-electron chi connectivity index (χ4n) is 1.86. The van der Waals surface area contributed by atoms with E-state index in [0.717, 1.165) is 10.4 Å². The van der Waals surface area contributed by atoms with Gasteiger partial charge in [0.1, 0.15) is 22.3 Å². The van der Waals surface area contributed by atoms with Gasteiger partial charge >= 0.3 is 0 Å². The van der Waals surface area contributed by atoms with E-state index >= 15 is 0 Å². The molecule has 1 atom stereocenters. The average molecular weight is 343 g/mol. The normalized spacial score (nSPS) is 12.3. The fraction of sp³-hybridized carbons (Fsp3) is 0.643. The van der Waals surface area contributed by atoms with Gasteiger partial charge in [-0.2, -0.15) is 0 Å². The summed E-state index contributed by atoms with van der Waals surface area (Å²) in [4.78, 5) is 22.8. The van der Waals surface area contributed by atoms with Gasteiger partial charge in [0, 0.05) is 25.1 Å². The van der Waals surface area contributed by atoms with E-state index in [1.165, 1.54) is 0 Å². The number of likely N-dealkylation sites (N-methyl/N-ethyl adjacent to an activating group) is 1. The number of carbonyl (C=O) groups is 1. The number of halogens is 1. The third kappa shape index (κ3) is 4.44. The maximum absolute atomic E-state index is 12.2. The molecule has 0 saturated heterocycles. The molecule has 0 fully saturated rings. The van der Waals surface area contributed by atoms with Gasteiger partial charge in [0.2, 0.25) is 5.91 Å². The van der Waals surface area contributed by atoms with Gasteiger partial charge in [0.15, 0.2) is 0 Å². The predicted octanol–water partition coefficient (Wildman–Crippen LogP) is 3.03. The van der Waals surface area contributed by atoms with Gasteiger partial charge in [-0.1, -0.05) is 13.8 Å². The highest BCUT2D eigenvalue weighted by molar-refractivity contribution is 9.10. The van der Waals surface area contributed by atoms with E-state index in [-0.39, 0.29) is 17.9 Å². The Morgan fingerprint density at radius 3 is 2.40 bits per heavy atom. The number of nitrogens with one attached hydrogen (secondary N) is 1. The van der Waals surface area contributed by atoms with E-state index < -0.39 is 0 Å². The van der Waals surface area contributed by atoms with Crippen molar-refractivity contribution in [1.29, 1.82) is 0 Å². The van der Waals surface area contributed by atoms with Crippen LogP contribution in [0.2, 0.25) is 0 Å². The monoisotopic (exact) mass is 342 g/mol. The zero-order valence-corrected chi connectivity index (χ0v) is 14.4. The number of amides is 1. The Labute approximate surface area is 129 Å². The number of rotatable bonds is 6. The first kappa shape index (κ1) is 16.9. The van der Waals surface area contributed by atoms with Gasteiger partial charge in [-0.05, 0) is 36.7 Å². The largest absolute Gasteiger partial charge is 0.358 e. The molecule has 1 N–H and O–H groups in total. The van der Waals surface area contributed by atoms with E-state index in [1.807, 2.05) is 34.6 Å². The molecule has 0 aliphatic carbocycles. The Kier molecular flexibility index (Phi) is 6.39.